The summed E-state index contributed by atoms with van der Waals surface area (Å²) in [6, 6.07) is 18.4. The molecule has 0 aliphatic rings. The van der Waals surface area contributed by atoms with Gasteiger partial charge in [-0.25, -0.2) is 8.42 Å². The number of benzene rings is 2. The van der Waals surface area contributed by atoms with Crippen molar-refractivity contribution in [1.29, 1.82) is 0 Å². The van der Waals surface area contributed by atoms with E-state index in [2.05, 4.69) is 0 Å². The molecule has 0 heterocycles. The molecule has 0 fully saturated rings. The Bertz CT molecular complexity index is 745. The maximum Gasteiger partial charge on any atom is 0.243 e. The molecule has 0 saturated carbocycles. The molecule has 1 atom stereocenters. The summed E-state index contributed by atoms with van der Waals surface area (Å²) >= 11 is 0. The first-order chi connectivity index (χ1) is 12.4. The van der Waals surface area contributed by atoms with E-state index in [1.165, 1.54) is 9.87 Å². The maximum atomic E-state index is 12.9. The predicted octanol–water partition coefficient (Wildman–Crippen LogP) is 3.53. The Morgan fingerprint density at radius 2 is 1.54 bits per heavy atom. The zero-order chi connectivity index (χ0) is 19.0. The van der Waals surface area contributed by atoms with Crippen molar-refractivity contribution in [2.75, 3.05) is 13.1 Å². The molecular formula is C21H28NO3S. The van der Waals surface area contributed by atoms with Crippen LogP contribution in [0.25, 0.3) is 0 Å². The second-order valence-corrected chi connectivity index (χ2v) is 8.79. The van der Waals surface area contributed by atoms with Crippen LogP contribution in [-0.4, -0.2) is 37.0 Å². The van der Waals surface area contributed by atoms with E-state index in [1.54, 1.807) is 36.8 Å². The molecule has 2 aromatic carbocycles. The predicted molar refractivity (Wildman–Crippen MR) is 105 cm³/mol. The summed E-state index contributed by atoms with van der Waals surface area (Å²) in [5.41, 5.74) is 1.20. The fraction of sp³-hybridized carbons (Fsp3) is 0.381. The number of hydrogen-bond acceptors (Lipinski definition) is 3. The van der Waals surface area contributed by atoms with Crippen LogP contribution in [-0.2, 0) is 16.4 Å². The number of aliphatic hydroxyl groups excluding tert-OH is 1. The summed E-state index contributed by atoms with van der Waals surface area (Å²) in [7, 11) is -3.62. The van der Waals surface area contributed by atoms with Gasteiger partial charge in [-0.05, 0) is 42.9 Å². The number of nitrogens with zero attached hydrogens (tertiary/aromatic N) is 1. The zero-order valence-corrected chi connectivity index (χ0v) is 16.3. The van der Waals surface area contributed by atoms with Gasteiger partial charge in [0, 0.05) is 13.1 Å². The lowest BCUT2D eigenvalue weighted by Gasteiger charge is -2.26. The standard InChI is InChI=1S/C21H28NO3S/c1-18(2)16-22(26(24,25)21-14-7-4-8-15-21)17-20(23)13-9-12-19-10-5-3-6-11-19/h3-8,10-11,13-15,18,20,23H,9,12,16-17H2,1-2H3/t20-/m1/s1. The van der Waals surface area contributed by atoms with Crippen molar-refractivity contribution in [3.63, 3.8) is 0 Å². The zero-order valence-electron chi connectivity index (χ0n) is 15.5. The quantitative estimate of drug-likeness (QED) is 0.692. The van der Waals surface area contributed by atoms with Crippen molar-refractivity contribution in [3.8, 4) is 0 Å². The Morgan fingerprint density at radius 1 is 0.962 bits per heavy atom. The van der Waals surface area contributed by atoms with E-state index in [-0.39, 0.29) is 17.4 Å². The van der Waals surface area contributed by atoms with E-state index < -0.39 is 16.1 Å². The third-order valence-corrected chi connectivity index (χ3v) is 5.90. The smallest absolute Gasteiger partial charge is 0.243 e. The highest BCUT2D eigenvalue weighted by Crippen LogP contribution is 2.18. The number of aryl methyl sites for hydroxylation is 1. The lowest BCUT2D eigenvalue weighted by Crippen LogP contribution is -2.40. The van der Waals surface area contributed by atoms with Crippen LogP contribution < -0.4 is 0 Å². The monoisotopic (exact) mass is 374 g/mol. The Hall–Kier alpha value is -1.69. The molecule has 2 aromatic rings. The summed E-state index contributed by atoms with van der Waals surface area (Å²) in [6.45, 7) is 4.39. The summed E-state index contributed by atoms with van der Waals surface area (Å²) in [5.74, 6) is 0.171. The van der Waals surface area contributed by atoms with Gasteiger partial charge >= 0.3 is 0 Å². The van der Waals surface area contributed by atoms with Gasteiger partial charge < -0.3 is 5.11 Å². The SMILES string of the molecule is CC(C)CN(C[C@H](O)[CH]CCc1ccccc1)S(=O)(=O)c1ccccc1. The molecule has 1 radical (unpaired) electrons. The molecule has 1 N–H and O–H groups in total. The number of aliphatic hydroxyl groups is 1. The average Bonchev–Trinajstić information content (AvgIpc) is 2.62. The highest BCUT2D eigenvalue weighted by molar-refractivity contribution is 7.89. The van der Waals surface area contributed by atoms with E-state index in [4.69, 9.17) is 0 Å². The topological polar surface area (TPSA) is 57.6 Å². The van der Waals surface area contributed by atoms with E-state index in [0.29, 0.717) is 13.0 Å². The molecule has 2 rings (SSSR count). The highest BCUT2D eigenvalue weighted by atomic mass is 32.2. The van der Waals surface area contributed by atoms with Crippen LogP contribution in [0.1, 0.15) is 25.8 Å². The molecule has 0 aliphatic carbocycles. The fourth-order valence-electron chi connectivity index (χ4n) is 2.79. The van der Waals surface area contributed by atoms with Crippen molar-refractivity contribution in [3.05, 3.63) is 72.6 Å². The minimum absolute atomic E-state index is 0.0736. The van der Waals surface area contributed by atoms with E-state index >= 15 is 0 Å². The first-order valence-electron chi connectivity index (χ1n) is 9.00. The van der Waals surface area contributed by atoms with E-state index in [1.807, 2.05) is 44.2 Å². The van der Waals surface area contributed by atoms with Crippen LogP contribution in [0.5, 0.6) is 0 Å². The number of sulfonamides is 1. The Morgan fingerprint density at radius 3 is 2.12 bits per heavy atom. The minimum Gasteiger partial charge on any atom is -0.391 e. The maximum absolute atomic E-state index is 12.9. The normalized spacial score (nSPS) is 13.3. The third-order valence-electron chi connectivity index (χ3n) is 4.06. The van der Waals surface area contributed by atoms with Crippen LogP contribution in [0.4, 0.5) is 0 Å². The van der Waals surface area contributed by atoms with Gasteiger partial charge in [0.15, 0.2) is 0 Å². The minimum atomic E-state index is -3.62. The Kier molecular flexibility index (Phi) is 7.82. The molecular weight excluding hydrogens is 346 g/mol. The largest absolute Gasteiger partial charge is 0.391 e. The molecule has 0 spiro atoms. The molecule has 0 aromatic heterocycles. The van der Waals surface area contributed by atoms with E-state index in [9.17, 15) is 13.5 Å². The number of hydrogen-bond donors (Lipinski definition) is 1. The lowest BCUT2D eigenvalue weighted by atomic mass is 10.1. The van der Waals surface area contributed by atoms with Crippen LogP contribution in [0.15, 0.2) is 65.6 Å². The van der Waals surface area contributed by atoms with Crippen LogP contribution in [0.3, 0.4) is 0 Å². The van der Waals surface area contributed by atoms with Crippen molar-refractivity contribution >= 4 is 10.0 Å². The van der Waals surface area contributed by atoms with Gasteiger partial charge in [0.2, 0.25) is 10.0 Å². The van der Waals surface area contributed by atoms with E-state index in [0.717, 1.165) is 6.42 Å². The Balaban J connectivity index is 1.98. The summed E-state index contributed by atoms with van der Waals surface area (Å²) < 4.78 is 27.2. The highest BCUT2D eigenvalue weighted by Gasteiger charge is 2.27. The van der Waals surface area contributed by atoms with Crippen molar-refractivity contribution in [2.24, 2.45) is 5.92 Å². The molecule has 26 heavy (non-hydrogen) atoms. The first-order valence-corrected chi connectivity index (χ1v) is 10.4. The molecule has 0 saturated heterocycles. The van der Waals surface area contributed by atoms with Gasteiger partial charge in [-0.3, -0.25) is 0 Å². The summed E-state index contributed by atoms with van der Waals surface area (Å²) in [4.78, 5) is 0.261. The lowest BCUT2D eigenvalue weighted by molar-refractivity contribution is 0.166. The van der Waals surface area contributed by atoms with Gasteiger partial charge in [0.25, 0.3) is 0 Å². The summed E-state index contributed by atoms with van der Waals surface area (Å²) in [5, 5.41) is 10.4. The van der Waals surface area contributed by atoms with Crippen molar-refractivity contribution in [1.82, 2.24) is 4.31 Å². The molecule has 4 nitrogen and oxygen atoms in total. The van der Waals surface area contributed by atoms with Crippen LogP contribution >= 0.6 is 0 Å². The van der Waals surface area contributed by atoms with Gasteiger partial charge in [0.05, 0.1) is 11.0 Å². The molecule has 0 aliphatic heterocycles. The fourth-order valence-corrected chi connectivity index (χ4v) is 4.43. The molecule has 0 amide bonds. The van der Waals surface area contributed by atoms with Crippen LogP contribution in [0.2, 0.25) is 0 Å². The average molecular weight is 375 g/mol. The first kappa shape index (κ1) is 20.6. The van der Waals surface area contributed by atoms with Gasteiger partial charge in [-0.1, -0.05) is 62.4 Å². The molecule has 141 valence electrons. The molecule has 5 heteroatoms. The van der Waals surface area contributed by atoms with Crippen LogP contribution in [0, 0.1) is 12.3 Å². The molecule has 0 bridgehead atoms. The third kappa shape index (κ3) is 6.24. The number of rotatable bonds is 10. The second-order valence-electron chi connectivity index (χ2n) is 6.86. The van der Waals surface area contributed by atoms with Crippen molar-refractivity contribution in [2.45, 2.75) is 37.7 Å². The second kappa shape index (κ2) is 9.86. The van der Waals surface area contributed by atoms with Gasteiger partial charge in [-0.15, -0.1) is 0 Å². The van der Waals surface area contributed by atoms with Gasteiger partial charge in [0.1, 0.15) is 0 Å². The molecule has 0 unspecified atom stereocenters. The summed E-state index contributed by atoms with van der Waals surface area (Å²) in [6.07, 6.45) is 2.52. The Labute approximate surface area is 157 Å². The van der Waals surface area contributed by atoms with Gasteiger partial charge in [-0.2, -0.15) is 4.31 Å². The van der Waals surface area contributed by atoms with Crippen molar-refractivity contribution < 1.29 is 13.5 Å².